The van der Waals surface area contributed by atoms with Crippen LogP contribution in [0.2, 0.25) is 0 Å². The number of hydrogen-bond acceptors (Lipinski definition) is 2. The number of benzene rings is 1. The maximum Gasteiger partial charge on any atom is 0.407 e. The van der Waals surface area contributed by atoms with E-state index in [0.29, 0.717) is 0 Å². The van der Waals surface area contributed by atoms with Gasteiger partial charge in [0, 0.05) is 19.8 Å². The van der Waals surface area contributed by atoms with Crippen LogP contribution in [0.1, 0.15) is 5.56 Å². The molecule has 0 spiro atoms. The van der Waals surface area contributed by atoms with Crippen molar-refractivity contribution in [2.45, 2.75) is 0 Å². The molecule has 0 fully saturated rings. The minimum absolute atomic E-state index is 0.995. The molecule has 2 nitrogen and oxygen atoms in total. The number of hydrogen-bond donors (Lipinski definition) is 0. The monoisotopic (exact) mass is 192 g/mol. The van der Waals surface area contributed by atoms with Crippen LogP contribution in [-0.4, -0.2) is 23.5 Å². The molecule has 1 aromatic rings. The molecule has 0 amide bonds. The van der Waals surface area contributed by atoms with Gasteiger partial charge in [0.15, 0.2) is 0 Å². The maximum atomic E-state index is 5.06. The van der Waals surface area contributed by atoms with Gasteiger partial charge in [0.05, 0.1) is 0 Å². The van der Waals surface area contributed by atoms with Gasteiger partial charge in [-0.3, -0.25) is 0 Å². The lowest BCUT2D eigenvalue weighted by Crippen LogP contribution is -2.16. The molecule has 0 radical (unpaired) electrons. The van der Waals surface area contributed by atoms with Gasteiger partial charge >= 0.3 is 9.28 Å². The smallest absolute Gasteiger partial charge is 0.391 e. The van der Waals surface area contributed by atoms with Crippen molar-refractivity contribution < 1.29 is 8.85 Å². The Labute approximate surface area is 80.3 Å². The van der Waals surface area contributed by atoms with Crippen LogP contribution < -0.4 is 0 Å². The van der Waals surface area contributed by atoms with Gasteiger partial charge in [-0.25, -0.2) is 0 Å². The molecule has 0 heterocycles. The Morgan fingerprint density at radius 1 is 1.08 bits per heavy atom. The highest BCUT2D eigenvalue weighted by molar-refractivity contribution is 6.54. The van der Waals surface area contributed by atoms with Crippen molar-refractivity contribution in [1.82, 2.24) is 0 Å². The van der Waals surface area contributed by atoms with Crippen molar-refractivity contribution in [3.63, 3.8) is 0 Å². The van der Waals surface area contributed by atoms with Crippen molar-refractivity contribution in [2.75, 3.05) is 14.2 Å². The molecule has 0 aliphatic rings. The lowest BCUT2D eigenvalue weighted by atomic mass is 10.2. The zero-order chi connectivity index (χ0) is 9.52. The zero-order valence-corrected chi connectivity index (χ0v) is 8.94. The van der Waals surface area contributed by atoms with Crippen molar-refractivity contribution in [3.05, 3.63) is 35.9 Å². The molecule has 1 aromatic carbocycles. The summed E-state index contributed by atoms with van der Waals surface area (Å²) < 4.78 is 10.1. The summed E-state index contributed by atoms with van der Waals surface area (Å²) in [5.41, 5.74) is 3.97. The average molecular weight is 192 g/mol. The van der Waals surface area contributed by atoms with E-state index in [1.807, 2.05) is 30.3 Å². The molecule has 0 unspecified atom stereocenters. The molecule has 0 N–H and O–H groups in total. The summed E-state index contributed by atoms with van der Waals surface area (Å²) in [6.07, 6.45) is 0. The summed E-state index contributed by atoms with van der Waals surface area (Å²) in [6, 6.07) is 9.81. The summed E-state index contributed by atoms with van der Waals surface area (Å²) in [7, 11) is 1.53. The summed E-state index contributed by atoms with van der Waals surface area (Å²) in [5, 5.41) is 0. The normalized spacial score (nSPS) is 9.46. The fourth-order valence-electron chi connectivity index (χ4n) is 0.878. The average Bonchev–Trinajstić information content (AvgIpc) is 2.21. The van der Waals surface area contributed by atoms with E-state index in [0.717, 1.165) is 5.56 Å². The van der Waals surface area contributed by atoms with E-state index in [1.165, 1.54) is 0 Å². The van der Waals surface area contributed by atoms with E-state index >= 15 is 0 Å². The Bertz CT molecular complexity index is 296. The Morgan fingerprint density at radius 3 is 2.23 bits per heavy atom. The van der Waals surface area contributed by atoms with Gasteiger partial charge in [-0.2, -0.15) is 0 Å². The van der Waals surface area contributed by atoms with Crippen LogP contribution in [0.3, 0.4) is 0 Å². The topological polar surface area (TPSA) is 18.5 Å². The fraction of sp³-hybridized carbons (Fsp3) is 0.200. The van der Waals surface area contributed by atoms with Crippen molar-refractivity contribution in [3.8, 4) is 11.5 Å². The standard InChI is InChI=1S/C10H12O2Si/c1-11-13(12-2)9-8-10-6-4-3-5-7-10/h3-7,13H,1-2H3. The molecular weight excluding hydrogens is 180 g/mol. The Morgan fingerprint density at radius 2 is 1.69 bits per heavy atom. The van der Waals surface area contributed by atoms with Gasteiger partial charge in [0.25, 0.3) is 0 Å². The second-order valence-electron chi connectivity index (χ2n) is 2.44. The first-order chi connectivity index (χ1) is 6.36. The molecule has 0 saturated heterocycles. The van der Waals surface area contributed by atoms with Crippen LogP contribution in [0, 0.1) is 11.5 Å². The zero-order valence-electron chi connectivity index (χ0n) is 7.78. The predicted octanol–water partition coefficient (Wildman–Crippen LogP) is 1.09. The second-order valence-corrected chi connectivity index (χ2v) is 4.33. The molecule has 0 aliphatic heterocycles. The van der Waals surface area contributed by atoms with E-state index in [-0.39, 0.29) is 0 Å². The number of rotatable bonds is 2. The largest absolute Gasteiger partial charge is 0.407 e. The quantitative estimate of drug-likeness (QED) is 0.516. The summed E-state index contributed by atoms with van der Waals surface area (Å²) >= 11 is 0. The third-order valence-electron chi connectivity index (χ3n) is 1.54. The highest BCUT2D eigenvalue weighted by Gasteiger charge is 2.02. The highest BCUT2D eigenvalue weighted by Crippen LogP contribution is 1.95. The van der Waals surface area contributed by atoms with E-state index in [1.54, 1.807) is 14.2 Å². The lowest BCUT2D eigenvalue weighted by Gasteiger charge is -2.00. The molecule has 0 saturated carbocycles. The summed E-state index contributed by atoms with van der Waals surface area (Å²) in [6.45, 7) is 0. The van der Waals surface area contributed by atoms with Gasteiger partial charge in [-0.1, -0.05) is 29.7 Å². The van der Waals surface area contributed by atoms with E-state index in [9.17, 15) is 0 Å². The van der Waals surface area contributed by atoms with Gasteiger partial charge < -0.3 is 8.85 Å². The van der Waals surface area contributed by atoms with Crippen LogP contribution in [-0.2, 0) is 8.85 Å². The predicted molar refractivity (Wildman–Crippen MR) is 54.5 cm³/mol. The van der Waals surface area contributed by atoms with E-state index in [2.05, 4.69) is 11.5 Å². The van der Waals surface area contributed by atoms with Crippen LogP contribution >= 0.6 is 0 Å². The first-order valence-corrected chi connectivity index (χ1v) is 5.51. The van der Waals surface area contributed by atoms with Crippen molar-refractivity contribution >= 4 is 9.28 Å². The Kier molecular flexibility index (Phi) is 4.26. The van der Waals surface area contributed by atoms with Gasteiger partial charge in [-0.15, -0.1) is 0 Å². The lowest BCUT2D eigenvalue weighted by molar-refractivity contribution is 0.293. The summed E-state index contributed by atoms with van der Waals surface area (Å²) in [5.74, 6) is 3.01. The molecule has 0 atom stereocenters. The second kappa shape index (κ2) is 5.54. The van der Waals surface area contributed by atoms with Gasteiger partial charge in [-0.05, 0) is 12.1 Å². The van der Waals surface area contributed by atoms with Gasteiger partial charge in [0.2, 0.25) is 0 Å². The molecule has 13 heavy (non-hydrogen) atoms. The SMILES string of the molecule is CO[SiH](C#Cc1ccccc1)OC. The van der Waals surface area contributed by atoms with Crippen molar-refractivity contribution in [2.24, 2.45) is 0 Å². The van der Waals surface area contributed by atoms with Crippen LogP contribution in [0.5, 0.6) is 0 Å². The summed E-state index contributed by atoms with van der Waals surface area (Å²) in [4.78, 5) is 0. The molecule has 0 bridgehead atoms. The first-order valence-electron chi connectivity index (χ1n) is 3.99. The molecule has 1 rings (SSSR count). The van der Waals surface area contributed by atoms with E-state index < -0.39 is 9.28 Å². The molecular formula is C10H12O2Si. The minimum Gasteiger partial charge on any atom is -0.391 e. The Balaban J connectivity index is 2.66. The molecule has 0 aliphatic carbocycles. The van der Waals surface area contributed by atoms with Gasteiger partial charge in [0.1, 0.15) is 0 Å². The van der Waals surface area contributed by atoms with E-state index in [4.69, 9.17) is 8.85 Å². The highest BCUT2D eigenvalue weighted by atomic mass is 28.3. The maximum absolute atomic E-state index is 5.06. The molecule has 3 heteroatoms. The van der Waals surface area contributed by atoms with Crippen LogP contribution in [0.25, 0.3) is 0 Å². The Hall–Kier alpha value is -1.08. The molecule has 68 valence electrons. The van der Waals surface area contributed by atoms with Crippen LogP contribution in [0.4, 0.5) is 0 Å². The third-order valence-corrected chi connectivity index (χ3v) is 2.77. The third kappa shape index (κ3) is 3.43. The van der Waals surface area contributed by atoms with Crippen molar-refractivity contribution in [1.29, 1.82) is 0 Å². The first kappa shape index (κ1) is 10.0. The molecule has 0 aromatic heterocycles. The fourth-order valence-corrected chi connectivity index (χ4v) is 1.59. The minimum atomic E-state index is -1.72. The van der Waals surface area contributed by atoms with Crippen LogP contribution in [0.15, 0.2) is 30.3 Å².